The van der Waals surface area contributed by atoms with Crippen LogP contribution in [0.1, 0.15) is 53.4 Å². The average Bonchev–Trinajstić information content (AvgIpc) is 3.18. The quantitative estimate of drug-likeness (QED) is 0.171. The van der Waals surface area contributed by atoms with Crippen LogP contribution in [0.2, 0.25) is 5.02 Å². The molecule has 1 unspecified atom stereocenters. The number of carbonyl (C=O) groups excluding carboxylic acids is 3. The summed E-state index contributed by atoms with van der Waals surface area (Å²) in [5.74, 6) is -1.98. The van der Waals surface area contributed by atoms with Crippen LogP contribution < -0.4 is 4.74 Å². The molecule has 2 heterocycles. The fourth-order valence-electron chi connectivity index (χ4n) is 4.24. The standard InChI is InChI=1S/C29H27ClN2O6/c1-3-14-38-29(36)19-9-7-18(8-10-19)17-32-25(20-6-5-13-31-16-20)24(27(34)28(32)35)26(33)22-15-21(37-4-2)11-12-23(22)30/h5-13,15-16,25,33H,3-4,14,17H2,1-2H3/b26-24+. The molecule has 9 heteroatoms. The number of benzene rings is 2. The molecule has 3 aromatic rings. The van der Waals surface area contributed by atoms with Crippen molar-refractivity contribution in [2.75, 3.05) is 13.2 Å². The number of amides is 1. The van der Waals surface area contributed by atoms with E-state index in [0.717, 1.165) is 0 Å². The van der Waals surface area contributed by atoms with E-state index in [9.17, 15) is 19.5 Å². The maximum atomic E-state index is 13.3. The Kier molecular flexibility index (Phi) is 8.43. The van der Waals surface area contributed by atoms with E-state index in [-0.39, 0.29) is 22.7 Å². The third kappa shape index (κ3) is 5.55. The smallest absolute Gasteiger partial charge is 0.338 e. The van der Waals surface area contributed by atoms with Gasteiger partial charge in [-0.3, -0.25) is 14.6 Å². The summed E-state index contributed by atoms with van der Waals surface area (Å²) in [6, 6.07) is 13.9. The number of halogens is 1. The number of likely N-dealkylation sites (tertiary alicyclic amines) is 1. The molecule has 4 rings (SSSR count). The lowest BCUT2D eigenvalue weighted by molar-refractivity contribution is -0.140. The van der Waals surface area contributed by atoms with Gasteiger partial charge in [0.05, 0.1) is 35.4 Å². The van der Waals surface area contributed by atoms with Gasteiger partial charge >= 0.3 is 5.97 Å². The summed E-state index contributed by atoms with van der Waals surface area (Å²) < 4.78 is 10.7. The van der Waals surface area contributed by atoms with Crippen LogP contribution in [0.5, 0.6) is 5.75 Å². The number of hydrogen-bond acceptors (Lipinski definition) is 7. The SMILES string of the molecule is CCCOC(=O)c1ccc(CN2C(=O)C(=O)/C(=C(/O)c3cc(OCC)ccc3Cl)C2c2cccnc2)cc1. The number of hydrogen-bond donors (Lipinski definition) is 1. The third-order valence-corrected chi connectivity index (χ3v) is 6.35. The van der Waals surface area contributed by atoms with Crippen molar-refractivity contribution in [3.8, 4) is 5.75 Å². The molecule has 0 aliphatic carbocycles. The maximum Gasteiger partial charge on any atom is 0.338 e. The van der Waals surface area contributed by atoms with Crippen molar-refractivity contribution in [2.45, 2.75) is 32.9 Å². The summed E-state index contributed by atoms with van der Waals surface area (Å²) in [7, 11) is 0. The number of esters is 1. The Morgan fingerprint density at radius 1 is 1.11 bits per heavy atom. The van der Waals surface area contributed by atoms with Gasteiger partial charge in [-0.25, -0.2) is 4.79 Å². The maximum absolute atomic E-state index is 13.3. The van der Waals surface area contributed by atoms with Gasteiger partial charge in [0.25, 0.3) is 11.7 Å². The lowest BCUT2D eigenvalue weighted by Crippen LogP contribution is -2.29. The minimum atomic E-state index is -0.912. The monoisotopic (exact) mass is 534 g/mol. The number of aliphatic hydroxyl groups excluding tert-OH is 1. The topological polar surface area (TPSA) is 106 Å². The van der Waals surface area contributed by atoms with E-state index in [1.807, 2.05) is 13.8 Å². The second-order valence-electron chi connectivity index (χ2n) is 8.62. The van der Waals surface area contributed by atoms with Crippen LogP contribution >= 0.6 is 11.6 Å². The van der Waals surface area contributed by atoms with Crippen molar-refractivity contribution >= 4 is 35.0 Å². The van der Waals surface area contributed by atoms with E-state index in [2.05, 4.69) is 4.98 Å². The molecule has 1 amide bonds. The van der Waals surface area contributed by atoms with E-state index in [0.29, 0.717) is 42.1 Å². The Hall–Kier alpha value is -4.17. The third-order valence-electron chi connectivity index (χ3n) is 6.02. The normalized spacial score (nSPS) is 16.5. The van der Waals surface area contributed by atoms with Crippen LogP contribution in [0.15, 0.2) is 72.6 Å². The second kappa shape index (κ2) is 11.9. The predicted molar refractivity (Wildman–Crippen MR) is 142 cm³/mol. The van der Waals surface area contributed by atoms with Gasteiger partial charge in [0, 0.05) is 24.5 Å². The number of ketones is 1. The summed E-state index contributed by atoms with van der Waals surface area (Å²) in [4.78, 5) is 44.2. The van der Waals surface area contributed by atoms with Crippen LogP contribution in [0.3, 0.4) is 0 Å². The lowest BCUT2D eigenvalue weighted by Gasteiger charge is -2.25. The highest BCUT2D eigenvalue weighted by molar-refractivity contribution is 6.47. The van der Waals surface area contributed by atoms with Gasteiger partial charge in [0.15, 0.2) is 0 Å². The highest BCUT2D eigenvalue weighted by Gasteiger charge is 2.46. The number of pyridine rings is 1. The Balaban J connectivity index is 1.74. The van der Waals surface area contributed by atoms with Gasteiger partial charge < -0.3 is 19.5 Å². The number of Topliss-reactive ketones (excluding diaryl/α,β-unsaturated/α-hetero) is 1. The molecule has 1 aromatic heterocycles. The summed E-state index contributed by atoms with van der Waals surface area (Å²) in [6.07, 6.45) is 3.84. The van der Waals surface area contributed by atoms with Crippen molar-refractivity contribution in [2.24, 2.45) is 0 Å². The summed E-state index contributed by atoms with van der Waals surface area (Å²) >= 11 is 6.38. The highest BCUT2D eigenvalue weighted by Crippen LogP contribution is 2.41. The second-order valence-corrected chi connectivity index (χ2v) is 9.03. The number of carbonyl (C=O) groups is 3. The zero-order valence-electron chi connectivity index (χ0n) is 21.0. The minimum Gasteiger partial charge on any atom is -0.507 e. The number of rotatable bonds is 9. The molecule has 2 aromatic carbocycles. The van der Waals surface area contributed by atoms with Crippen LogP contribution in [0.25, 0.3) is 5.76 Å². The molecular formula is C29H27ClN2O6. The van der Waals surface area contributed by atoms with Crippen LogP contribution in [0.4, 0.5) is 0 Å². The van der Waals surface area contributed by atoms with Gasteiger partial charge in [-0.2, -0.15) is 0 Å². The Morgan fingerprint density at radius 2 is 1.87 bits per heavy atom. The molecule has 1 aliphatic heterocycles. The Bertz CT molecular complexity index is 1370. The first-order valence-corrected chi connectivity index (χ1v) is 12.6. The van der Waals surface area contributed by atoms with Gasteiger partial charge in [0.2, 0.25) is 0 Å². The van der Waals surface area contributed by atoms with Gasteiger partial charge in [-0.15, -0.1) is 0 Å². The molecule has 0 radical (unpaired) electrons. The fourth-order valence-corrected chi connectivity index (χ4v) is 4.44. The van der Waals surface area contributed by atoms with Crippen molar-refractivity contribution in [3.05, 3.63) is 99.8 Å². The molecule has 196 valence electrons. The summed E-state index contributed by atoms with van der Waals surface area (Å²) in [5, 5.41) is 11.5. The van der Waals surface area contributed by atoms with E-state index < -0.39 is 29.5 Å². The van der Waals surface area contributed by atoms with Gasteiger partial charge in [-0.05, 0) is 60.9 Å². The van der Waals surface area contributed by atoms with E-state index in [4.69, 9.17) is 21.1 Å². The van der Waals surface area contributed by atoms with Gasteiger partial charge in [-0.1, -0.05) is 36.7 Å². The predicted octanol–water partition coefficient (Wildman–Crippen LogP) is 5.32. The van der Waals surface area contributed by atoms with Crippen molar-refractivity contribution in [1.82, 2.24) is 9.88 Å². The average molecular weight is 535 g/mol. The number of nitrogens with zero attached hydrogens (tertiary/aromatic N) is 2. The molecule has 0 spiro atoms. The Morgan fingerprint density at radius 3 is 2.53 bits per heavy atom. The molecule has 0 bridgehead atoms. The van der Waals surface area contributed by atoms with Crippen molar-refractivity contribution in [1.29, 1.82) is 0 Å². The molecule has 1 N–H and O–H groups in total. The van der Waals surface area contributed by atoms with Crippen molar-refractivity contribution in [3.63, 3.8) is 0 Å². The zero-order valence-corrected chi connectivity index (χ0v) is 21.8. The minimum absolute atomic E-state index is 0.0535. The van der Waals surface area contributed by atoms with Crippen molar-refractivity contribution < 1.29 is 29.0 Å². The van der Waals surface area contributed by atoms with Crippen LogP contribution in [-0.4, -0.2) is 45.9 Å². The first kappa shape index (κ1) is 26.9. The molecule has 1 fully saturated rings. The molecular weight excluding hydrogens is 508 g/mol. The largest absolute Gasteiger partial charge is 0.507 e. The zero-order chi connectivity index (χ0) is 27.2. The highest BCUT2D eigenvalue weighted by atomic mass is 35.5. The molecule has 1 aliphatic rings. The fraction of sp³-hybridized carbons (Fsp3) is 0.241. The number of ether oxygens (including phenoxy) is 2. The molecule has 0 saturated carbocycles. The molecule has 8 nitrogen and oxygen atoms in total. The van der Waals surface area contributed by atoms with Crippen LogP contribution in [-0.2, 0) is 20.9 Å². The number of aliphatic hydroxyl groups is 1. The van der Waals surface area contributed by atoms with E-state index in [1.54, 1.807) is 60.9 Å². The summed E-state index contributed by atoms with van der Waals surface area (Å²) in [5.41, 5.74) is 1.70. The van der Waals surface area contributed by atoms with E-state index >= 15 is 0 Å². The molecule has 1 saturated heterocycles. The van der Waals surface area contributed by atoms with Crippen LogP contribution in [0, 0.1) is 0 Å². The first-order valence-electron chi connectivity index (χ1n) is 12.2. The first-order chi connectivity index (χ1) is 18.3. The summed E-state index contributed by atoms with van der Waals surface area (Å²) in [6.45, 7) is 4.51. The molecule has 38 heavy (non-hydrogen) atoms. The van der Waals surface area contributed by atoms with Gasteiger partial charge in [0.1, 0.15) is 11.5 Å². The Labute approximate surface area is 225 Å². The lowest BCUT2D eigenvalue weighted by atomic mass is 9.96. The van der Waals surface area contributed by atoms with E-state index in [1.165, 1.54) is 11.0 Å². The number of aromatic nitrogens is 1. The molecule has 1 atom stereocenters.